The second kappa shape index (κ2) is 5.73. The zero-order valence-corrected chi connectivity index (χ0v) is 8.96. The van der Waals surface area contributed by atoms with E-state index in [9.17, 15) is 0 Å². The van der Waals surface area contributed by atoms with Crippen molar-refractivity contribution in [2.45, 2.75) is 39.2 Å². The fraction of sp³-hybridized carbons (Fsp3) is 0.545. The van der Waals surface area contributed by atoms with Crippen molar-refractivity contribution in [3.8, 4) is 0 Å². The summed E-state index contributed by atoms with van der Waals surface area (Å²) in [5, 5.41) is 0. The highest BCUT2D eigenvalue weighted by Gasteiger charge is 2.11. The van der Waals surface area contributed by atoms with Crippen LogP contribution in [0.3, 0.4) is 0 Å². The molecule has 3 N–H and O–H groups in total. The molecule has 0 aliphatic heterocycles. The van der Waals surface area contributed by atoms with Gasteiger partial charge in [0.15, 0.2) is 0 Å². The minimum Gasteiger partial charge on any atom is -0.271 e. The quantitative estimate of drug-likeness (QED) is 0.556. The SMILES string of the molecule is CCCCC(NN)c1cccnc1C. The van der Waals surface area contributed by atoms with Gasteiger partial charge in [-0.1, -0.05) is 25.8 Å². The van der Waals surface area contributed by atoms with E-state index >= 15 is 0 Å². The molecule has 1 unspecified atom stereocenters. The number of unbranched alkanes of at least 4 members (excludes halogenated alkanes) is 1. The van der Waals surface area contributed by atoms with Crippen LogP contribution in [0.2, 0.25) is 0 Å². The van der Waals surface area contributed by atoms with Gasteiger partial charge >= 0.3 is 0 Å². The third-order valence-corrected chi connectivity index (χ3v) is 2.47. The fourth-order valence-electron chi connectivity index (χ4n) is 1.60. The van der Waals surface area contributed by atoms with Crippen LogP contribution >= 0.6 is 0 Å². The molecule has 0 saturated carbocycles. The molecule has 0 amide bonds. The first kappa shape index (κ1) is 11.1. The van der Waals surface area contributed by atoms with Gasteiger partial charge in [0, 0.05) is 17.9 Å². The first-order chi connectivity index (χ1) is 6.79. The maximum atomic E-state index is 5.54. The van der Waals surface area contributed by atoms with Crippen molar-refractivity contribution in [2.24, 2.45) is 5.84 Å². The van der Waals surface area contributed by atoms with Crippen molar-refractivity contribution in [1.82, 2.24) is 10.4 Å². The number of hydrogen-bond donors (Lipinski definition) is 2. The Morgan fingerprint density at radius 3 is 2.93 bits per heavy atom. The lowest BCUT2D eigenvalue weighted by molar-refractivity contribution is 0.491. The molecule has 0 saturated heterocycles. The molecular formula is C11H19N3. The van der Waals surface area contributed by atoms with Gasteiger partial charge in [0.05, 0.1) is 0 Å². The summed E-state index contributed by atoms with van der Waals surface area (Å²) in [6, 6.07) is 4.28. The third kappa shape index (κ3) is 2.79. The van der Waals surface area contributed by atoms with Crippen LogP contribution in [0.25, 0.3) is 0 Å². The van der Waals surface area contributed by atoms with Crippen LogP contribution in [0.4, 0.5) is 0 Å². The van der Waals surface area contributed by atoms with Crippen molar-refractivity contribution in [2.75, 3.05) is 0 Å². The van der Waals surface area contributed by atoms with Crippen LogP contribution in [-0.2, 0) is 0 Å². The summed E-state index contributed by atoms with van der Waals surface area (Å²) in [7, 11) is 0. The molecule has 1 aromatic heterocycles. The largest absolute Gasteiger partial charge is 0.271 e. The molecule has 0 fully saturated rings. The van der Waals surface area contributed by atoms with Crippen LogP contribution < -0.4 is 11.3 Å². The summed E-state index contributed by atoms with van der Waals surface area (Å²) in [6.07, 6.45) is 5.26. The smallest absolute Gasteiger partial charge is 0.0477 e. The highest BCUT2D eigenvalue weighted by molar-refractivity contribution is 5.22. The van der Waals surface area contributed by atoms with E-state index in [-0.39, 0.29) is 6.04 Å². The molecule has 78 valence electrons. The maximum Gasteiger partial charge on any atom is 0.0477 e. The summed E-state index contributed by atoms with van der Waals surface area (Å²) in [5.74, 6) is 5.54. The number of pyridine rings is 1. The standard InChI is InChI=1S/C11H19N3/c1-3-4-7-11(14-12)10-6-5-8-13-9(10)2/h5-6,8,11,14H,3-4,7,12H2,1-2H3. The van der Waals surface area contributed by atoms with E-state index in [1.807, 2.05) is 19.2 Å². The Morgan fingerprint density at radius 2 is 2.36 bits per heavy atom. The molecule has 0 radical (unpaired) electrons. The summed E-state index contributed by atoms with van der Waals surface area (Å²) in [6.45, 7) is 4.20. The highest BCUT2D eigenvalue weighted by Crippen LogP contribution is 2.20. The average Bonchev–Trinajstić information content (AvgIpc) is 2.21. The molecular weight excluding hydrogens is 174 g/mol. The minimum atomic E-state index is 0.239. The summed E-state index contributed by atoms with van der Waals surface area (Å²) in [4.78, 5) is 4.26. The number of rotatable bonds is 5. The van der Waals surface area contributed by atoms with E-state index in [1.165, 1.54) is 18.4 Å². The zero-order chi connectivity index (χ0) is 10.4. The minimum absolute atomic E-state index is 0.239. The van der Waals surface area contributed by atoms with Crippen LogP contribution in [0.1, 0.15) is 43.5 Å². The fourth-order valence-corrected chi connectivity index (χ4v) is 1.60. The normalized spacial score (nSPS) is 12.8. The predicted octanol–water partition coefficient (Wildman–Crippen LogP) is 2.08. The van der Waals surface area contributed by atoms with Gasteiger partial charge in [-0.05, 0) is 25.0 Å². The van der Waals surface area contributed by atoms with E-state index in [4.69, 9.17) is 5.84 Å². The highest BCUT2D eigenvalue weighted by atomic mass is 15.2. The van der Waals surface area contributed by atoms with Crippen molar-refractivity contribution in [3.05, 3.63) is 29.6 Å². The maximum absolute atomic E-state index is 5.54. The van der Waals surface area contributed by atoms with Crippen molar-refractivity contribution >= 4 is 0 Å². The average molecular weight is 193 g/mol. The van der Waals surface area contributed by atoms with E-state index < -0.39 is 0 Å². The van der Waals surface area contributed by atoms with Gasteiger partial charge in [0.2, 0.25) is 0 Å². The topological polar surface area (TPSA) is 50.9 Å². The molecule has 1 atom stereocenters. The molecule has 0 aliphatic rings. The Balaban J connectivity index is 2.73. The van der Waals surface area contributed by atoms with Crippen molar-refractivity contribution in [3.63, 3.8) is 0 Å². The number of nitrogens with one attached hydrogen (secondary N) is 1. The molecule has 1 rings (SSSR count). The second-order valence-corrected chi connectivity index (χ2v) is 3.54. The Bertz CT molecular complexity index is 273. The van der Waals surface area contributed by atoms with Gasteiger partial charge in [-0.3, -0.25) is 16.3 Å². The molecule has 3 nitrogen and oxygen atoms in total. The summed E-state index contributed by atoms with van der Waals surface area (Å²) in [5.41, 5.74) is 5.13. The van der Waals surface area contributed by atoms with Crippen molar-refractivity contribution in [1.29, 1.82) is 0 Å². The van der Waals surface area contributed by atoms with E-state index in [1.54, 1.807) is 0 Å². The summed E-state index contributed by atoms with van der Waals surface area (Å²) < 4.78 is 0. The van der Waals surface area contributed by atoms with Gasteiger partial charge in [-0.2, -0.15) is 0 Å². The Kier molecular flexibility index (Phi) is 4.56. The third-order valence-electron chi connectivity index (χ3n) is 2.47. The second-order valence-electron chi connectivity index (χ2n) is 3.54. The molecule has 0 aliphatic carbocycles. The number of hydrogen-bond acceptors (Lipinski definition) is 3. The first-order valence-electron chi connectivity index (χ1n) is 5.17. The number of aryl methyl sites for hydroxylation is 1. The molecule has 1 aromatic rings. The van der Waals surface area contributed by atoms with Gasteiger partial charge < -0.3 is 0 Å². The predicted molar refractivity (Wildman–Crippen MR) is 58.6 cm³/mol. The molecule has 1 heterocycles. The Morgan fingerprint density at radius 1 is 1.57 bits per heavy atom. The number of aromatic nitrogens is 1. The van der Waals surface area contributed by atoms with Gasteiger partial charge in [-0.25, -0.2) is 0 Å². The van der Waals surface area contributed by atoms with Crippen LogP contribution in [0.5, 0.6) is 0 Å². The number of hydrazine groups is 1. The van der Waals surface area contributed by atoms with E-state index in [0.29, 0.717) is 0 Å². The Hall–Kier alpha value is -0.930. The van der Waals surface area contributed by atoms with Crippen LogP contribution in [0.15, 0.2) is 18.3 Å². The number of nitrogens with zero attached hydrogens (tertiary/aromatic N) is 1. The van der Waals surface area contributed by atoms with E-state index in [0.717, 1.165) is 12.1 Å². The zero-order valence-electron chi connectivity index (χ0n) is 8.96. The van der Waals surface area contributed by atoms with Crippen LogP contribution in [0, 0.1) is 6.92 Å². The van der Waals surface area contributed by atoms with Crippen LogP contribution in [-0.4, -0.2) is 4.98 Å². The molecule has 3 heteroatoms. The first-order valence-corrected chi connectivity index (χ1v) is 5.17. The lowest BCUT2D eigenvalue weighted by Gasteiger charge is -2.17. The van der Waals surface area contributed by atoms with Gasteiger partial charge in [-0.15, -0.1) is 0 Å². The molecule has 0 bridgehead atoms. The molecule has 0 spiro atoms. The monoisotopic (exact) mass is 193 g/mol. The van der Waals surface area contributed by atoms with E-state index in [2.05, 4.69) is 23.4 Å². The lowest BCUT2D eigenvalue weighted by atomic mass is 10.0. The Labute approximate surface area is 85.7 Å². The van der Waals surface area contributed by atoms with Crippen molar-refractivity contribution < 1.29 is 0 Å². The van der Waals surface area contributed by atoms with Gasteiger partial charge in [0.1, 0.15) is 0 Å². The lowest BCUT2D eigenvalue weighted by Crippen LogP contribution is -2.28. The number of nitrogens with two attached hydrogens (primary N) is 1. The molecule has 14 heavy (non-hydrogen) atoms. The summed E-state index contributed by atoms with van der Waals surface area (Å²) >= 11 is 0. The molecule has 0 aromatic carbocycles. The van der Waals surface area contributed by atoms with Gasteiger partial charge in [0.25, 0.3) is 0 Å².